The van der Waals surface area contributed by atoms with Crippen molar-refractivity contribution >= 4 is 20.9 Å². The van der Waals surface area contributed by atoms with E-state index < -0.39 is 10.1 Å². The molecule has 0 saturated carbocycles. The lowest BCUT2D eigenvalue weighted by atomic mass is 10.0. The van der Waals surface area contributed by atoms with Gasteiger partial charge in [0.2, 0.25) is 0 Å². The van der Waals surface area contributed by atoms with Gasteiger partial charge in [0.25, 0.3) is 10.1 Å². The van der Waals surface area contributed by atoms with Gasteiger partial charge in [-0.15, -0.1) is 0 Å². The fraction of sp³-hybridized carbons (Fsp3) is 0.231. The molecular weight excluding hydrogens is 236 g/mol. The quantitative estimate of drug-likeness (QED) is 0.770. The molecule has 2 rings (SSSR count). The smallest absolute Gasteiger partial charge is 0.270 e. The van der Waals surface area contributed by atoms with E-state index in [1.54, 1.807) is 12.1 Å². The Balaban J connectivity index is 2.79. The summed E-state index contributed by atoms with van der Waals surface area (Å²) < 4.78 is 27.8. The highest BCUT2D eigenvalue weighted by Crippen LogP contribution is 2.25. The fourth-order valence-corrected chi connectivity index (χ4v) is 2.56. The van der Waals surface area contributed by atoms with Gasteiger partial charge >= 0.3 is 0 Å². The van der Waals surface area contributed by atoms with E-state index >= 15 is 0 Å². The molecule has 0 amide bonds. The predicted molar refractivity (Wildman–Crippen MR) is 67.6 cm³/mol. The number of hydrogen-bond acceptors (Lipinski definition) is 3. The molecule has 90 valence electrons. The van der Waals surface area contributed by atoms with Crippen LogP contribution < -0.4 is 0 Å². The molecule has 0 aliphatic rings. The first-order valence-corrected chi connectivity index (χ1v) is 6.67. The van der Waals surface area contributed by atoms with Gasteiger partial charge in [0.15, 0.2) is 0 Å². The van der Waals surface area contributed by atoms with E-state index in [0.29, 0.717) is 0 Å². The molecule has 0 aliphatic carbocycles. The molecule has 0 radical (unpaired) electrons. The molecule has 0 bridgehead atoms. The van der Waals surface area contributed by atoms with Crippen LogP contribution in [0, 0.1) is 13.8 Å². The van der Waals surface area contributed by atoms with Crippen LogP contribution in [0.4, 0.5) is 0 Å². The highest BCUT2D eigenvalue weighted by atomic mass is 32.2. The number of fused-ring (bicyclic) bond motifs is 1. The van der Waals surface area contributed by atoms with Crippen LogP contribution in [0.1, 0.15) is 11.1 Å². The third-order valence-corrected chi connectivity index (χ3v) is 4.20. The molecule has 0 aromatic heterocycles. The van der Waals surface area contributed by atoms with Crippen LogP contribution in [0.25, 0.3) is 10.8 Å². The van der Waals surface area contributed by atoms with Crippen molar-refractivity contribution in [3.8, 4) is 0 Å². The predicted octanol–water partition coefficient (Wildman–Crippen LogP) is 2.79. The molecular formula is C13H14O3S. The Morgan fingerprint density at radius 1 is 0.941 bits per heavy atom. The average molecular weight is 250 g/mol. The number of hydrogen-bond donors (Lipinski definition) is 0. The maximum Gasteiger partial charge on any atom is 0.296 e. The monoisotopic (exact) mass is 250 g/mol. The van der Waals surface area contributed by atoms with E-state index in [-0.39, 0.29) is 4.90 Å². The first-order valence-electron chi connectivity index (χ1n) is 5.26. The fourth-order valence-electron chi connectivity index (χ4n) is 1.87. The lowest BCUT2D eigenvalue weighted by Gasteiger charge is -2.08. The van der Waals surface area contributed by atoms with Gasteiger partial charge in [-0.3, -0.25) is 4.18 Å². The summed E-state index contributed by atoms with van der Waals surface area (Å²) in [6.07, 6.45) is 0. The van der Waals surface area contributed by atoms with Crippen LogP contribution in [0.2, 0.25) is 0 Å². The van der Waals surface area contributed by atoms with Crippen LogP contribution in [0.15, 0.2) is 35.2 Å². The summed E-state index contributed by atoms with van der Waals surface area (Å²) in [5.41, 5.74) is 2.19. The molecule has 0 N–H and O–H groups in total. The van der Waals surface area contributed by atoms with E-state index in [4.69, 9.17) is 0 Å². The van der Waals surface area contributed by atoms with Crippen LogP contribution in [0.5, 0.6) is 0 Å². The van der Waals surface area contributed by atoms with Crippen LogP contribution >= 0.6 is 0 Å². The summed E-state index contributed by atoms with van der Waals surface area (Å²) in [6.45, 7) is 3.97. The number of benzene rings is 2. The van der Waals surface area contributed by atoms with Crippen molar-refractivity contribution < 1.29 is 12.6 Å². The normalized spacial score (nSPS) is 11.9. The van der Waals surface area contributed by atoms with Gasteiger partial charge < -0.3 is 0 Å². The summed E-state index contributed by atoms with van der Waals surface area (Å²) >= 11 is 0. The van der Waals surface area contributed by atoms with Crippen molar-refractivity contribution in [1.29, 1.82) is 0 Å². The van der Waals surface area contributed by atoms with Gasteiger partial charge in [-0.2, -0.15) is 8.42 Å². The lowest BCUT2D eigenvalue weighted by molar-refractivity contribution is 0.398. The molecule has 4 heteroatoms. The Morgan fingerprint density at radius 2 is 1.53 bits per heavy atom. The highest BCUT2D eigenvalue weighted by Gasteiger charge is 2.14. The lowest BCUT2D eigenvalue weighted by Crippen LogP contribution is -2.02. The third-order valence-electron chi connectivity index (χ3n) is 2.93. The summed E-state index contributed by atoms with van der Waals surface area (Å²) in [5, 5.41) is 2.02. The zero-order valence-electron chi connectivity index (χ0n) is 10.0. The topological polar surface area (TPSA) is 43.4 Å². The van der Waals surface area contributed by atoms with Gasteiger partial charge in [0.05, 0.1) is 12.0 Å². The van der Waals surface area contributed by atoms with Gasteiger partial charge in [-0.1, -0.05) is 18.2 Å². The summed E-state index contributed by atoms with van der Waals surface area (Å²) in [7, 11) is -2.45. The molecule has 3 nitrogen and oxygen atoms in total. The summed E-state index contributed by atoms with van der Waals surface area (Å²) in [4.78, 5) is 0.196. The maximum absolute atomic E-state index is 11.6. The van der Waals surface area contributed by atoms with Crippen LogP contribution in [-0.2, 0) is 14.3 Å². The van der Waals surface area contributed by atoms with Gasteiger partial charge in [0.1, 0.15) is 0 Å². The van der Waals surface area contributed by atoms with E-state index in [1.807, 2.05) is 32.0 Å². The van der Waals surface area contributed by atoms with E-state index in [2.05, 4.69) is 4.18 Å². The molecule has 0 aliphatic heterocycles. The summed E-state index contributed by atoms with van der Waals surface area (Å²) in [6, 6.07) is 9.08. The molecule has 2 aromatic rings. The van der Waals surface area contributed by atoms with E-state index in [9.17, 15) is 8.42 Å². The standard InChI is InChI=1S/C13H14O3S/c1-9-4-5-10(2)13-8-11(6-7-12(9)13)17(14,15)16-3/h4-8H,1-3H3. The minimum Gasteiger partial charge on any atom is -0.270 e. The SMILES string of the molecule is COS(=O)(=O)c1ccc2c(C)ccc(C)c2c1. The Morgan fingerprint density at radius 3 is 2.12 bits per heavy atom. The molecule has 0 spiro atoms. The number of rotatable bonds is 2. The first kappa shape index (κ1) is 12.1. The molecule has 0 saturated heterocycles. The van der Waals surface area contributed by atoms with E-state index in [0.717, 1.165) is 21.9 Å². The Kier molecular flexibility index (Phi) is 2.93. The first-order chi connectivity index (χ1) is 7.95. The second-order valence-electron chi connectivity index (χ2n) is 4.03. The largest absolute Gasteiger partial charge is 0.296 e. The second-order valence-corrected chi connectivity index (χ2v) is 5.74. The van der Waals surface area contributed by atoms with Gasteiger partial charge in [-0.25, -0.2) is 0 Å². The van der Waals surface area contributed by atoms with Crippen molar-refractivity contribution in [2.45, 2.75) is 18.7 Å². The Hall–Kier alpha value is -1.39. The molecule has 2 aromatic carbocycles. The second kappa shape index (κ2) is 4.13. The maximum atomic E-state index is 11.6. The Labute approximate surface area is 101 Å². The van der Waals surface area contributed by atoms with Gasteiger partial charge in [-0.05, 0) is 47.9 Å². The van der Waals surface area contributed by atoms with E-state index in [1.165, 1.54) is 7.11 Å². The molecule has 0 heterocycles. The minimum atomic E-state index is -3.62. The average Bonchev–Trinajstić information content (AvgIpc) is 2.33. The third kappa shape index (κ3) is 2.06. The van der Waals surface area contributed by atoms with Crippen molar-refractivity contribution in [3.63, 3.8) is 0 Å². The summed E-state index contributed by atoms with van der Waals surface area (Å²) in [5.74, 6) is 0. The molecule has 17 heavy (non-hydrogen) atoms. The molecule has 0 fully saturated rings. The number of aryl methyl sites for hydroxylation is 2. The van der Waals surface area contributed by atoms with Crippen LogP contribution in [0.3, 0.4) is 0 Å². The zero-order valence-corrected chi connectivity index (χ0v) is 10.8. The van der Waals surface area contributed by atoms with Crippen molar-refractivity contribution in [1.82, 2.24) is 0 Å². The van der Waals surface area contributed by atoms with Crippen molar-refractivity contribution in [3.05, 3.63) is 41.5 Å². The molecule has 0 unspecified atom stereocenters. The van der Waals surface area contributed by atoms with Crippen molar-refractivity contribution in [2.24, 2.45) is 0 Å². The van der Waals surface area contributed by atoms with Crippen molar-refractivity contribution in [2.75, 3.05) is 7.11 Å². The Bertz CT molecular complexity index is 672. The zero-order chi connectivity index (χ0) is 12.6. The van der Waals surface area contributed by atoms with Crippen LogP contribution in [-0.4, -0.2) is 15.5 Å². The molecule has 0 atom stereocenters. The minimum absolute atomic E-state index is 0.196. The highest BCUT2D eigenvalue weighted by molar-refractivity contribution is 7.86. The van der Waals surface area contributed by atoms with Gasteiger partial charge in [0, 0.05) is 0 Å².